The van der Waals surface area contributed by atoms with Crippen LogP contribution in [0.2, 0.25) is 5.02 Å². The molecule has 2 aromatic rings. The van der Waals surface area contributed by atoms with Gasteiger partial charge in [-0.25, -0.2) is 4.98 Å². The maximum atomic E-state index is 6.16. The third-order valence-corrected chi connectivity index (χ3v) is 4.55. The molecule has 1 atom stereocenters. The zero-order chi connectivity index (χ0) is 13.1. The number of hydrogen-bond donors (Lipinski definition) is 1. The summed E-state index contributed by atoms with van der Waals surface area (Å²) in [7, 11) is 0. The summed E-state index contributed by atoms with van der Waals surface area (Å²) in [6, 6.07) is 6.49. The number of hydrogen-bond acceptors (Lipinski definition) is 3. The third-order valence-electron chi connectivity index (χ3n) is 2.48. The molecule has 0 saturated carbocycles. The predicted octanol–water partition coefficient (Wildman–Crippen LogP) is 4.65. The fraction of sp³-hybridized carbons (Fsp3) is 0.308. The van der Waals surface area contributed by atoms with E-state index < -0.39 is 0 Å². The number of nitrogens with zero attached hydrogens (tertiary/aromatic N) is 1. The van der Waals surface area contributed by atoms with Crippen LogP contribution in [-0.2, 0) is 0 Å². The van der Waals surface area contributed by atoms with Gasteiger partial charge < -0.3 is 5.32 Å². The second kappa shape index (κ2) is 6.15. The van der Waals surface area contributed by atoms with Crippen molar-refractivity contribution in [2.75, 3.05) is 0 Å². The predicted molar refractivity (Wildman–Crippen MR) is 81.4 cm³/mol. The average Bonchev–Trinajstić information content (AvgIpc) is 2.83. The van der Waals surface area contributed by atoms with Crippen LogP contribution < -0.4 is 5.32 Å². The monoisotopic (exact) mass is 344 g/mol. The number of rotatable bonds is 4. The van der Waals surface area contributed by atoms with Crippen molar-refractivity contribution in [1.82, 2.24) is 10.3 Å². The summed E-state index contributed by atoms with van der Waals surface area (Å²) < 4.78 is 0.912. The third kappa shape index (κ3) is 3.32. The van der Waals surface area contributed by atoms with E-state index in [1.165, 1.54) is 0 Å². The van der Waals surface area contributed by atoms with Gasteiger partial charge >= 0.3 is 0 Å². The van der Waals surface area contributed by atoms with Gasteiger partial charge in [0.2, 0.25) is 0 Å². The zero-order valence-electron chi connectivity index (χ0n) is 10.2. The van der Waals surface area contributed by atoms with Crippen LogP contribution in [0, 0.1) is 0 Å². The highest BCUT2D eigenvalue weighted by Gasteiger charge is 2.18. The molecule has 0 fully saturated rings. The normalized spacial score (nSPS) is 12.9. The Bertz CT molecular complexity index is 514. The van der Waals surface area contributed by atoms with Crippen molar-refractivity contribution < 1.29 is 0 Å². The van der Waals surface area contributed by atoms with Gasteiger partial charge in [-0.05, 0) is 47.5 Å². The van der Waals surface area contributed by atoms with Crippen molar-refractivity contribution in [3.05, 3.63) is 49.8 Å². The molecule has 0 aliphatic carbocycles. The first-order valence-electron chi connectivity index (χ1n) is 5.68. The van der Waals surface area contributed by atoms with E-state index in [0.717, 1.165) is 20.1 Å². The summed E-state index contributed by atoms with van der Waals surface area (Å²) >= 11 is 11.2. The van der Waals surface area contributed by atoms with Crippen LogP contribution in [0.25, 0.3) is 0 Å². The zero-order valence-corrected chi connectivity index (χ0v) is 13.3. The van der Waals surface area contributed by atoms with Gasteiger partial charge in [0.25, 0.3) is 0 Å². The maximum Gasteiger partial charge on any atom is 0.114 e. The Morgan fingerprint density at radius 2 is 2.17 bits per heavy atom. The van der Waals surface area contributed by atoms with Gasteiger partial charge in [-0.3, -0.25) is 0 Å². The van der Waals surface area contributed by atoms with Crippen LogP contribution in [0.15, 0.2) is 34.2 Å². The number of nitrogens with one attached hydrogen (secondary N) is 1. The van der Waals surface area contributed by atoms with Crippen molar-refractivity contribution in [3.8, 4) is 0 Å². The Morgan fingerprint density at radius 1 is 1.39 bits per heavy atom. The fourth-order valence-corrected chi connectivity index (χ4v) is 2.87. The summed E-state index contributed by atoms with van der Waals surface area (Å²) in [5, 5.41) is 7.29. The van der Waals surface area contributed by atoms with Gasteiger partial charge in [-0.15, -0.1) is 11.3 Å². The van der Waals surface area contributed by atoms with Gasteiger partial charge in [0, 0.05) is 22.1 Å². The van der Waals surface area contributed by atoms with E-state index in [9.17, 15) is 0 Å². The first-order valence-corrected chi connectivity index (χ1v) is 7.73. The Hall–Kier alpha value is -0.420. The van der Waals surface area contributed by atoms with E-state index in [1.807, 2.05) is 23.7 Å². The van der Waals surface area contributed by atoms with Crippen molar-refractivity contribution in [2.45, 2.75) is 25.9 Å². The molecule has 1 aromatic heterocycles. The van der Waals surface area contributed by atoms with Gasteiger partial charge in [0.15, 0.2) is 0 Å². The first kappa shape index (κ1) is 14.0. The van der Waals surface area contributed by atoms with Gasteiger partial charge in [-0.1, -0.05) is 17.7 Å². The van der Waals surface area contributed by atoms with Crippen LogP contribution in [-0.4, -0.2) is 11.0 Å². The van der Waals surface area contributed by atoms with E-state index in [4.69, 9.17) is 11.6 Å². The van der Waals surface area contributed by atoms with E-state index in [0.29, 0.717) is 6.04 Å². The van der Waals surface area contributed by atoms with Crippen LogP contribution in [0.5, 0.6) is 0 Å². The molecule has 0 saturated heterocycles. The molecule has 2 rings (SSSR count). The van der Waals surface area contributed by atoms with Gasteiger partial charge in [-0.2, -0.15) is 0 Å². The van der Waals surface area contributed by atoms with Gasteiger partial charge in [0.05, 0.1) is 11.1 Å². The second-order valence-corrected chi connectivity index (χ2v) is 6.49. The lowest BCUT2D eigenvalue weighted by molar-refractivity contribution is 0.527. The molecule has 0 aliphatic rings. The first-order chi connectivity index (χ1) is 8.58. The molecule has 1 N–H and O–H groups in total. The van der Waals surface area contributed by atoms with Crippen LogP contribution in [0.3, 0.4) is 0 Å². The molecule has 0 aliphatic heterocycles. The van der Waals surface area contributed by atoms with Crippen molar-refractivity contribution in [2.24, 2.45) is 0 Å². The molecule has 0 bridgehead atoms. The van der Waals surface area contributed by atoms with Crippen molar-refractivity contribution in [1.29, 1.82) is 0 Å². The SMILES string of the molecule is CC(C)NC(c1ccc(Br)c(Cl)c1)c1nccs1. The minimum Gasteiger partial charge on any atom is -0.302 e. The lowest BCUT2D eigenvalue weighted by Gasteiger charge is -2.20. The van der Waals surface area contributed by atoms with Crippen molar-refractivity contribution >= 4 is 38.9 Å². The minimum absolute atomic E-state index is 0.0931. The highest BCUT2D eigenvalue weighted by atomic mass is 79.9. The Labute approximate surface area is 125 Å². The number of thiazole rings is 1. The van der Waals surface area contributed by atoms with E-state index in [-0.39, 0.29) is 6.04 Å². The van der Waals surface area contributed by atoms with Crippen LogP contribution >= 0.6 is 38.9 Å². The molecule has 0 radical (unpaired) electrons. The quantitative estimate of drug-likeness (QED) is 0.872. The average molecular weight is 346 g/mol. The largest absolute Gasteiger partial charge is 0.302 e. The maximum absolute atomic E-state index is 6.16. The second-order valence-electron chi connectivity index (χ2n) is 4.30. The molecular weight excluding hydrogens is 332 g/mol. The minimum atomic E-state index is 0.0931. The summed E-state index contributed by atoms with van der Waals surface area (Å²) in [4.78, 5) is 4.40. The molecule has 2 nitrogen and oxygen atoms in total. The molecule has 1 unspecified atom stereocenters. The highest BCUT2D eigenvalue weighted by molar-refractivity contribution is 9.10. The smallest absolute Gasteiger partial charge is 0.114 e. The van der Waals surface area contributed by atoms with Crippen LogP contribution in [0.1, 0.15) is 30.5 Å². The molecule has 96 valence electrons. The lowest BCUT2D eigenvalue weighted by Crippen LogP contribution is -2.28. The summed E-state index contributed by atoms with van der Waals surface area (Å²) in [5.74, 6) is 0. The topological polar surface area (TPSA) is 24.9 Å². The summed E-state index contributed by atoms with van der Waals surface area (Å²) in [5.41, 5.74) is 1.13. The number of benzene rings is 1. The summed E-state index contributed by atoms with van der Waals surface area (Å²) in [6.45, 7) is 4.25. The molecule has 0 spiro atoms. The summed E-state index contributed by atoms with van der Waals surface area (Å²) in [6.07, 6.45) is 1.83. The van der Waals surface area contributed by atoms with Gasteiger partial charge in [0.1, 0.15) is 5.01 Å². The molecule has 1 heterocycles. The Morgan fingerprint density at radius 3 is 2.72 bits per heavy atom. The van der Waals surface area contributed by atoms with E-state index in [1.54, 1.807) is 11.3 Å². The number of aromatic nitrogens is 1. The van der Waals surface area contributed by atoms with E-state index in [2.05, 4.69) is 46.1 Å². The molecular formula is C13H14BrClN2S. The lowest BCUT2D eigenvalue weighted by atomic mass is 10.1. The van der Waals surface area contributed by atoms with E-state index >= 15 is 0 Å². The molecule has 18 heavy (non-hydrogen) atoms. The fourth-order valence-electron chi connectivity index (χ4n) is 1.71. The standard InChI is InChI=1S/C13H14BrClN2S/c1-8(2)17-12(13-16-5-6-18-13)9-3-4-10(14)11(15)7-9/h3-8,12,17H,1-2H3. The van der Waals surface area contributed by atoms with Crippen molar-refractivity contribution in [3.63, 3.8) is 0 Å². The highest BCUT2D eigenvalue weighted by Crippen LogP contribution is 2.30. The molecule has 0 amide bonds. The Kier molecular flexibility index (Phi) is 4.78. The molecule has 1 aromatic carbocycles. The Balaban J connectivity index is 2.36. The molecule has 5 heteroatoms. The number of halogens is 2. The van der Waals surface area contributed by atoms with Crippen LogP contribution in [0.4, 0.5) is 0 Å².